The molecule has 3 aromatic heterocycles. The molecule has 0 unspecified atom stereocenters. The zero-order valence-electron chi connectivity index (χ0n) is 12.8. The van der Waals surface area contributed by atoms with Crippen molar-refractivity contribution in [1.82, 2.24) is 19.1 Å². The number of hydrogen-bond donors (Lipinski definition) is 0. The number of aromatic nitrogens is 4. The molecule has 4 aromatic rings. The van der Waals surface area contributed by atoms with Crippen molar-refractivity contribution in [3.05, 3.63) is 58.9 Å². The highest BCUT2D eigenvalue weighted by Gasteiger charge is 2.17. The first-order chi connectivity index (χ1) is 11.1. The minimum Gasteiger partial charge on any atom is -0.293 e. The highest BCUT2D eigenvalue weighted by Crippen LogP contribution is 2.25. The monoisotopic (exact) mass is 300 g/mol. The first kappa shape index (κ1) is 13.8. The standard InChI is InChI=1S/C17H13BN4O/c1-10-14(4-3-7-19-10)22-16-12-8-11(18)5-6-13(12)20-9-15(16)21(2)17(22)23/h3-9H,1-2H3. The lowest BCUT2D eigenvalue weighted by molar-refractivity contribution is 0.840. The number of rotatable bonds is 1. The van der Waals surface area contributed by atoms with Crippen LogP contribution in [0.3, 0.4) is 0 Å². The molecule has 0 N–H and O–H groups in total. The number of hydrogen-bond acceptors (Lipinski definition) is 3. The third-order valence-electron chi connectivity index (χ3n) is 4.13. The number of benzene rings is 1. The summed E-state index contributed by atoms with van der Waals surface area (Å²) in [4.78, 5) is 21.5. The molecule has 5 nitrogen and oxygen atoms in total. The molecule has 6 heteroatoms. The first-order valence-corrected chi connectivity index (χ1v) is 7.25. The lowest BCUT2D eigenvalue weighted by Crippen LogP contribution is -2.21. The Morgan fingerprint density at radius 3 is 2.78 bits per heavy atom. The van der Waals surface area contributed by atoms with Crippen molar-refractivity contribution in [1.29, 1.82) is 0 Å². The Bertz CT molecular complexity index is 1130. The molecule has 0 spiro atoms. The third kappa shape index (κ3) is 1.91. The summed E-state index contributed by atoms with van der Waals surface area (Å²) in [5, 5.41) is 0.850. The number of aryl methyl sites for hydroxylation is 2. The quantitative estimate of drug-likeness (QED) is 0.499. The van der Waals surface area contributed by atoms with Gasteiger partial charge in [0.1, 0.15) is 7.85 Å². The van der Waals surface area contributed by atoms with Crippen LogP contribution in [0.4, 0.5) is 0 Å². The summed E-state index contributed by atoms with van der Waals surface area (Å²) in [7, 11) is 7.69. The Morgan fingerprint density at radius 2 is 2.00 bits per heavy atom. The summed E-state index contributed by atoms with van der Waals surface area (Å²) in [6.07, 6.45) is 3.43. The lowest BCUT2D eigenvalue weighted by Gasteiger charge is -2.08. The van der Waals surface area contributed by atoms with Gasteiger partial charge in [-0.05, 0) is 25.1 Å². The van der Waals surface area contributed by atoms with Crippen molar-refractivity contribution in [2.45, 2.75) is 6.92 Å². The molecular formula is C17H13BN4O. The lowest BCUT2D eigenvalue weighted by atomic mass is 9.94. The van der Waals surface area contributed by atoms with Gasteiger partial charge in [-0.1, -0.05) is 17.6 Å². The molecule has 3 heterocycles. The largest absolute Gasteiger partial charge is 0.333 e. The highest BCUT2D eigenvalue weighted by molar-refractivity contribution is 6.33. The Balaban J connectivity index is 2.28. The van der Waals surface area contributed by atoms with E-state index < -0.39 is 0 Å². The van der Waals surface area contributed by atoms with Crippen LogP contribution in [-0.2, 0) is 7.05 Å². The predicted octanol–water partition coefficient (Wildman–Crippen LogP) is 1.37. The fourth-order valence-corrected chi connectivity index (χ4v) is 2.95. The first-order valence-electron chi connectivity index (χ1n) is 7.25. The number of nitrogens with zero attached hydrogens (tertiary/aromatic N) is 4. The van der Waals surface area contributed by atoms with Crippen LogP contribution >= 0.6 is 0 Å². The van der Waals surface area contributed by atoms with Crippen molar-refractivity contribution in [3.8, 4) is 5.69 Å². The van der Waals surface area contributed by atoms with E-state index >= 15 is 0 Å². The molecule has 0 aliphatic carbocycles. The van der Waals surface area contributed by atoms with Gasteiger partial charge in [0.15, 0.2) is 0 Å². The molecule has 0 fully saturated rings. The second-order valence-corrected chi connectivity index (χ2v) is 5.55. The van der Waals surface area contributed by atoms with Gasteiger partial charge in [0.25, 0.3) is 0 Å². The normalized spacial score (nSPS) is 11.4. The van der Waals surface area contributed by atoms with Crippen LogP contribution in [0.25, 0.3) is 27.6 Å². The maximum absolute atomic E-state index is 12.8. The smallest absolute Gasteiger partial charge is 0.293 e. The zero-order chi connectivity index (χ0) is 16.1. The minimum absolute atomic E-state index is 0.132. The molecule has 0 saturated carbocycles. The van der Waals surface area contributed by atoms with Gasteiger partial charge in [0, 0.05) is 18.6 Å². The van der Waals surface area contributed by atoms with Crippen LogP contribution in [0.2, 0.25) is 0 Å². The minimum atomic E-state index is -0.132. The summed E-state index contributed by atoms with van der Waals surface area (Å²) in [6, 6.07) is 9.24. The van der Waals surface area contributed by atoms with Crippen molar-refractivity contribution >= 4 is 35.2 Å². The molecule has 0 atom stereocenters. The van der Waals surface area contributed by atoms with E-state index in [2.05, 4.69) is 9.97 Å². The van der Waals surface area contributed by atoms with E-state index in [4.69, 9.17) is 7.85 Å². The van der Waals surface area contributed by atoms with Crippen molar-refractivity contribution in [3.63, 3.8) is 0 Å². The zero-order valence-corrected chi connectivity index (χ0v) is 12.8. The highest BCUT2D eigenvalue weighted by atomic mass is 16.1. The summed E-state index contributed by atoms with van der Waals surface area (Å²) < 4.78 is 3.28. The average molecular weight is 300 g/mol. The third-order valence-corrected chi connectivity index (χ3v) is 4.13. The Morgan fingerprint density at radius 1 is 1.17 bits per heavy atom. The van der Waals surface area contributed by atoms with Crippen LogP contribution in [0, 0.1) is 6.92 Å². The molecule has 2 radical (unpaired) electrons. The fraction of sp³-hybridized carbons (Fsp3) is 0.118. The molecule has 0 saturated heterocycles. The Labute approximate surface area is 133 Å². The summed E-state index contributed by atoms with van der Waals surface area (Å²) in [6.45, 7) is 1.89. The van der Waals surface area contributed by atoms with Gasteiger partial charge < -0.3 is 0 Å². The van der Waals surface area contributed by atoms with Gasteiger partial charge >= 0.3 is 5.69 Å². The molecule has 0 aliphatic heterocycles. The summed E-state index contributed by atoms with van der Waals surface area (Å²) in [5.41, 5.74) is 4.41. The second kappa shape index (κ2) is 4.81. The van der Waals surface area contributed by atoms with E-state index in [9.17, 15) is 4.79 Å². The Hall–Kier alpha value is -2.89. The average Bonchev–Trinajstić information content (AvgIpc) is 2.80. The molecule has 0 amide bonds. The summed E-state index contributed by atoms with van der Waals surface area (Å²) in [5.74, 6) is 0. The molecule has 4 rings (SSSR count). The predicted molar refractivity (Wildman–Crippen MR) is 91.7 cm³/mol. The molecule has 0 aliphatic rings. The van der Waals surface area contributed by atoms with Crippen LogP contribution in [0.15, 0.2) is 47.5 Å². The molecule has 23 heavy (non-hydrogen) atoms. The second-order valence-electron chi connectivity index (χ2n) is 5.55. The van der Waals surface area contributed by atoms with E-state index in [1.54, 1.807) is 28.6 Å². The Kier molecular flexibility index (Phi) is 2.88. The SMILES string of the molecule is [B]c1ccc2ncc3c(c2c1)n(-c1cccnc1C)c(=O)n3C. The van der Waals surface area contributed by atoms with E-state index in [-0.39, 0.29) is 5.69 Å². The van der Waals surface area contributed by atoms with Gasteiger partial charge in [-0.2, -0.15) is 0 Å². The fourth-order valence-electron chi connectivity index (χ4n) is 2.95. The van der Waals surface area contributed by atoms with Gasteiger partial charge in [-0.25, -0.2) is 4.79 Å². The van der Waals surface area contributed by atoms with Crippen molar-refractivity contribution < 1.29 is 0 Å². The maximum Gasteiger partial charge on any atom is 0.333 e. The molecule has 0 bridgehead atoms. The molecule has 1 aromatic carbocycles. The van der Waals surface area contributed by atoms with Gasteiger partial charge in [-0.3, -0.25) is 19.1 Å². The van der Waals surface area contributed by atoms with Crippen LogP contribution < -0.4 is 11.2 Å². The topological polar surface area (TPSA) is 52.7 Å². The van der Waals surface area contributed by atoms with Crippen molar-refractivity contribution in [2.24, 2.45) is 7.05 Å². The van der Waals surface area contributed by atoms with E-state index in [0.29, 0.717) is 5.46 Å². The molecule has 110 valence electrons. The van der Waals surface area contributed by atoms with Crippen LogP contribution in [-0.4, -0.2) is 26.9 Å². The van der Waals surface area contributed by atoms with Crippen LogP contribution in [0.1, 0.15) is 5.69 Å². The summed E-state index contributed by atoms with van der Waals surface area (Å²) >= 11 is 0. The van der Waals surface area contributed by atoms with Gasteiger partial charge in [0.2, 0.25) is 0 Å². The van der Waals surface area contributed by atoms with E-state index in [1.807, 2.05) is 37.3 Å². The number of fused-ring (bicyclic) bond motifs is 3. The van der Waals surface area contributed by atoms with E-state index in [0.717, 1.165) is 33.3 Å². The van der Waals surface area contributed by atoms with Gasteiger partial charge in [-0.15, -0.1) is 0 Å². The van der Waals surface area contributed by atoms with Crippen LogP contribution in [0.5, 0.6) is 0 Å². The molecular weight excluding hydrogens is 287 g/mol. The number of imidazole rings is 1. The van der Waals surface area contributed by atoms with Crippen molar-refractivity contribution in [2.75, 3.05) is 0 Å². The van der Waals surface area contributed by atoms with Gasteiger partial charge in [0.05, 0.1) is 34.1 Å². The maximum atomic E-state index is 12.8. The number of pyridine rings is 2. The van der Waals surface area contributed by atoms with E-state index in [1.165, 1.54) is 0 Å².